The van der Waals surface area contributed by atoms with Gasteiger partial charge < -0.3 is 10.2 Å². The van der Waals surface area contributed by atoms with E-state index < -0.39 is 11.6 Å². The number of halogens is 1. The lowest BCUT2D eigenvalue weighted by atomic mass is 9.95. The zero-order valence-corrected chi connectivity index (χ0v) is 10.5. The summed E-state index contributed by atoms with van der Waals surface area (Å²) in [5.74, 6) is -0.177. The van der Waals surface area contributed by atoms with E-state index in [1.165, 1.54) is 5.54 Å². The van der Waals surface area contributed by atoms with E-state index in [9.17, 15) is 9.59 Å². The molecule has 4 nitrogen and oxygen atoms in total. The Morgan fingerprint density at radius 3 is 2.62 bits per heavy atom. The molecule has 1 aliphatic heterocycles. The fraction of sp³-hybridized carbons (Fsp3) is 0.636. The molecule has 0 bridgehead atoms. The molecule has 2 amide bonds. The summed E-state index contributed by atoms with van der Waals surface area (Å²) in [4.78, 5) is 25.5. The van der Waals surface area contributed by atoms with Crippen LogP contribution in [0.5, 0.6) is 0 Å². The van der Waals surface area contributed by atoms with Crippen molar-refractivity contribution in [3.63, 3.8) is 0 Å². The average molecular weight is 245 g/mol. The molecule has 5 heteroatoms. The van der Waals surface area contributed by atoms with Gasteiger partial charge in [-0.25, -0.2) is 0 Å². The molecule has 1 fully saturated rings. The topological polar surface area (TPSA) is 49.4 Å². The molecule has 0 saturated carbocycles. The lowest BCUT2D eigenvalue weighted by Gasteiger charge is -2.43. The number of carbonyl (C=O) groups excluding carboxylic acids is 2. The van der Waals surface area contributed by atoms with Crippen LogP contribution in [-0.4, -0.2) is 34.8 Å². The molecule has 1 aliphatic rings. The van der Waals surface area contributed by atoms with Crippen molar-refractivity contribution in [2.45, 2.75) is 38.8 Å². The quantitative estimate of drug-likeness (QED) is 0.813. The zero-order chi connectivity index (χ0) is 12.3. The Morgan fingerprint density at radius 2 is 2.12 bits per heavy atom. The smallest absolute Gasteiger partial charge is 0.246 e. The van der Waals surface area contributed by atoms with Gasteiger partial charge >= 0.3 is 0 Å². The fourth-order valence-corrected chi connectivity index (χ4v) is 1.80. The van der Waals surface area contributed by atoms with Crippen molar-refractivity contribution in [1.29, 1.82) is 0 Å². The number of amides is 2. The van der Waals surface area contributed by atoms with Crippen LogP contribution in [0.15, 0.2) is 11.6 Å². The summed E-state index contributed by atoms with van der Waals surface area (Å²) in [6.45, 7) is 5.69. The highest BCUT2D eigenvalue weighted by Gasteiger charge is 2.44. The van der Waals surface area contributed by atoms with Crippen LogP contribution in [0, 0.1) is 0 Å². The minimum atomic E-state index is -0.820. The van der Waals surface area contributed by atoms with Gasteiger partial charge in [0.05, 0.1) is 0 Å². The fourth-order valence-electron chi connectivity index (χ4n) is 1.72. The molecule has 0 aromatic rings. The number of carbonyl (C=O) groups is 2. The average Bonchev–Trinajstić information content (AvgIpc) is 2.23. The standard InChI is InChI=1S/C11H17ClN2O2/c1-4-8-9(15)14(7-5-6-12)11(2,3)10(16)13-8/h5-6,8H,4,7H2,1-3H3,(H,13,16)/b6-5+. The second-order valence-corrected chi connectivity index (χ2v) is 4.56. The first-order valence-corrected chi connectivity index (χ1v) is 5.76. The van der Waals surface area contributed by atoms with Gasteiger partial charge in [-0.05, 0) is 20.3 Å². The van der Waals surface area contributed by atoms with Crippen LogP contribution in [0.25, 0.3) is 0 Å². The number of nitrogens with zero attached hydrogens (tertiary/aromatic N) is 1. The Labute approximate surface area is 101 Å². The van der Waals surface area contributed by atoms with Crippen molar-refractivity contribution >= 4 is 23.4 Å². The third-order valence-corrected chi connectivity index (χ3v) is 3.06. The predicted molar refractivity (Wildman–Crippen MR) is 63.0 cm³/mol. The van der Waals surface area contributed by atoms with E-state index in [1.54, 1.807) is 24.8 Å². The van der Waals surface area contributed by atoms with E-state index in [2.05, 4.69) is 5.32 Å². The summed E-state index contributed by atoms with van der Waals surface area (Å²) in [6.07, 6.45) is 2.26. The van der Waals surface area contributed by atoms with Crippen LogP contribution in [-0.2, 0) is 9.59 Å². The predicted octanol–water partition coefficient (Wildman–Crippen LogP) is 1.25. The molecule has 1 saturated heterocycles. The molecule has 1 atom stereocenters. The normalized spacial score (nSPS) is 25.0. The number of nitrogens with one attached hydrogen (secondary N) is 1. The molecular formula is C11H17ClN2O2. The second-order valence-electron chi connectivity index (χ2n) is 4.30. The van der Waals surface area contributed by atoms with Gasteiger partial charge in [0.15, 0.2) is 0 Å². The molecule has 0 aliphatic carbocycles. The van der Waals surface area contributed by atoms with Crippen LogP contribution >= 0.6 is 11.6 Å². The van der Waals surface area contributed by atoms with Crippen molar-refractivity contribution in [1.82, 2.24) is 10.2 Å². The van der Waals surface area contributed by atoms with E-state index in [4.69, 9.17) is 11.6 Å². The van der Waals surface area contributed by atoms with Crippen LogP contribution in [0.2, 0.25) is 0 Å². The van der Waals surface area contributed by atoms with Crippen molar-refractivity contribution < 1.29 is 9.59 Å². The van der Waals surface area contributed by atoms with Gasteiger partial charge in [-0.15, -0.1) is 0 Å². The molecule has 1 rings (SSSR count). The Kier molecular flexibility index (Phi) is 3.97. The SMILES string of the molecule is CCC1NC(=O)C(C)(C)N(C/C=C/Cl)C1=O. The maximum absolute atomic E-state index is 12.1. The van der Waals surface area contributed by atoms with Gasteiger partial charge in [-0.3, -0.25) is 9.59 Å². The highest BCUT2D eigenvalue weighted by molar-refractivity contribution is 6.25. The molecule has 90 valence electrons. The third kappa shape index (κ3) is 2.21. The third-order valence-electron chi connectivity index (χ3n) is 2.89. The van der Waals surface area contributed by atoms with E-state index >= 15 is 0 Å². The molecule has 1 N–H and O–H groups in total. The van der Waals surface area contributed by atoms with E-state index in [0.29, 0.717) is 13.0 Å². The monoisotopic (exact) mass is 244 g/mol. The molecule has 1 heterocycles. The number of rotatable bonds is 3. The molecule has 16 heavy (non-hydrogen) atoms. The Bertz CT molecular complexity index is 326. The molecule has 0 aromatic heterocycles. The zero-order valence-electron chi connectivity index (χ0n) is 9.79. The maximum Gasteiger partial charge on any atom is 0.246 e. The number of hydrogen-bond donors (Lipinski definition) is 1. The highest BCUT2D eigenvalue weighted by Crippen LogP contribution is 2.21. The van der Waals surface area contributed by atoms with Crippen LogP contribution in [0.3, 0.4) is 0 Å². The molecule has 0 spiro atoms. The molecule has 0 radical (unpaired) electrons. The second kappa shape index (κ2) is 4.87. The van der Waals surface area contributed by atoms with Crippen molar-refractivity contribution in [3.05, 3.63) is 11.6 Å². The van der Waals surface area contributed by atoms with Crippen molar-refractivity contribution in [3.8, 4) is 0 Å². The number of piperazine rings is 1. The van der Waals surface area contributed by atoms with Gasteiger partial charge in [0.1, 0.15) is 11.6 Å². The maximum atomic E-state index is 12.1. The van der Waals surface area contributed by atoms with Crippen molar-refractivity contribution in [2.24, 2.45) is 0 Å². The molecular weight excluding hydrogens is 228 g/mol. The minimum Gasteiger partial charge on any atom is -0.342 e. The molecule has 1 unspecified atom stereocenters. The van der Waals surface area contributed by atoms with Crippen LogP contribution < -0.4 is 5.32 Å². The first-order chi connectivity index (χ1) is 7.45. The van der Waals surface area contributed by atoms with Gasteiger partial charge in [0.25, 0.3) is 0 Å². The Balaban J connectivity index is 2.96. The number of hydrogen-bond acceptors (Lipinski definition) is 2. The molecule has 0 aromatic carbocycles. The summed E-state index contributed by atoms with van der Waals surface area (Å²) < 4.78 is 0. The minimum absolute atomic E-state index is 0.0538. The Hall–Kier alpha value is -1.03. The van der Waals surface area contributed by atoms with Crippen LogP contribution in [0.1, 0.15) is 27.2 Å². The van der Waals surface area contributed by atoms with E-state index in [-0.39, 0.29) is 11.8 Å². The summed E-state index contributed by atoms with van der Waals surface area (Å²) >= 11 is 5.45. The largest absolute Gasteiger partial charge is 0.342 e. The lowest BCUT2D eigenvalue weighted by molar-refractivity contribution is -0.154. The van der Waals surface area contributed by atoms with E-state index in [0.717, 1.165) is 0 Å². The highest BCUT2D eigenvalue weighted by atomic mass is 35.5. The van der Waals surface area contributed by atoms with E-state index in [1.807, 2.05) is 6.92 Å². The van der Waals surface area contributed by atoms with Gasteiger partial charge in [0.2, 0.25) is 11.8 Å². The Morgan fingerprint density at radius 1 is 1.50 bits per heavy atom. The summed E-state index contributed by atoms with van der Waals surface area (Å²) in [5.41, 5.74) is 0.538. The summed E-state index contributed by atoms with van der Waals surface area (Å²) in [7, 11) is 0. The lowest BCUT2D eigenvalue weighted by Crippen LogP contribution is -2.68. The van der Waals surface area contributed by atoms with Crippen molar-refractivity contribution in [2.75, 3.05) is 6.54 Å². The van der Waals surface area contributed by atoms with Gasteiger partial charge in [-0.1, -0.05) is 24.6 Å². The van der Waals surface area contributed by atoms with Gasteiger partial charge in [-0.2, -0.15) is 0 Å². The van der Waals surface area contributed by atoms with Crippen LogP contribution in [0.4, 0.5) is 0 Å². The first-order valence-electron chi connectivity index (χ1n) is 5.32. The summed E-state index contributed by atoms with van der Waals surface area (Å²) in [5, 5.41) is 2.73. The van der Waals surface area contributed by atoms with Gasteiger partial charge in [0, 0.05) is 12.1 Å². The first kappa shape index (κ1) is 13.0. The summed E-state index contributed by atoms with van der Waals surface area (Å²) in [6, 6.07) is -0.413.